The molecule has 3 heterocycles. The van der Waals surface area contributed by atoms with E-state index in [-0.39, 0.29) is 17.3 Å². The number of carbonyl (C=O) groups excluding carboxylic acids is 1. The molecule has 1 saturated heterocycles. The Morgan fingerprint density at radius 1 is 1.21 bits per heavy atom. The van der Waals surface area contributed by atoms with Crippen LogP contribution in [0.4, 0.5) is 30.2 Å². The van der Waals surface area contributed by atoms with Gasteiger partial charge in [-0.25, -0.2) is 18.2 Å². The van der Waals surface area contributed by atoms with Crippen molar-refractivity contribution in [3.05, 3.63) is 65.9 Å². The van der Waals surface area contributed by atoms with Gasteiger partial charge >= 0.3 is 0 Å². The molecule has 3 aromatic rings. The van der Waals surface area contributed by atoms with Crippen LogP contribution in [0.25, 0.3) is 11.3 Å². The number of nitrogen functional groups attached to an aromatic ring is 1. The summed E-state index contributed by atoms with van der Waals surface area (Å²) in [6, 6.07) is 5.60. The highest BCUT2D eigenvalue weighted by atomic mass is 19.1. The van der Waals surface area contributed by atoms with E-state index >= 15 is 0 Å². The number of hydrogen-bond donors (Lipinski definition) is 3. The maximum absolute atomic E-state index is 14.5. The molecular weight excluding hydrogens is 435 g/mol. The van der Waals surface area contributed by atoms with Gasteiger partial charge in [0.1, 0.15) is 17.3 Å². The first-order chi connectivity index (χ1) is 15.8. The number of aliphatic hydroxyl groups excluding tert-OH is 1. The quantitative estimate of drug-likeness (QED) is 0.553. The van der Waals surface area contributed by atoms with Gasteiger partial charge < -0.3 is 21.1 Å². The Labute approximate surface area is 188 Å². The lowest BCUT2D eigenvalue weighted by Crippen LogP contribution is -2.42. The Morgan fingerprint density at radius 2 is 1.94 bits per heavy atom. The molecule has 7 nitrogen and oxygen atoms in total. The molecule has 0 unspecified atom stereocenters. The summed E-state index contributed by atoms with van der Waals surface area (Å²) in [6.07, 6.45) is 3.19. The van der Waals surface area contributed by atoms with E-state index in [4.69, 9.17) is 5.73 Å². The van der Waals surface area contributed by atoms with Gasteiger partial charge in [-0.3, -0.25) is 9.78 Å². The van der Waals surface area contributed by atoms with Crippen molar-refractivity contribution in [2.75, 3.05) is 29.0 Å². The fourth-order valence-corrected chi connectivity index (χ4v) is 3.88. The first kappa shape index (κ1) is 22.5. The minimum Gasteiger partial charge on any atom is -0.397 e. The minimum atomic E-state index is -1.06. The lowest BCUT2D eigenvalue weighted by atomic mass is 9.96. The summed E-state index contributed by atoms with van der Waals surface area (Å²) in [7, 11) is 0. The summed E-state index contributed by atoms with van der Waals surface area (Å²) in [5, 5.41) is 12.7. The first-order valence-corrected chi connectivity index (χ1v) is 10.3. The molecule has 1 fully saturated rings. The van der Waals surface area contributed by atoms with Crippen LogP contribution < -0.4 is 16.0 Å². The predicted molar refractivity (Wildman–Crippen MR) is 118 cm³/mol. The highest BCUT2D eigenvalue weighted by molar-refractivity contribution is 6.08. The maximum atomic E-state index is 14.5. The van der Waals surface area contributed by atoms with E-state index in [0.717, 1.165) is 24.3 Å². The summed E-state index contributed by atoms with van der Waals surface area (Å²) < 4.78 is 42.9. The number of rotatable bonds is 4. The molecule has 4 rings (SSSR count). The molecule has 33 heavy (non-hydrogen) atoms. The van der Waals surface area contributed by atoms with E-state index in [1.54, 1.807) is 12.3 Å². The minimum absolute atomic E-state index is 0.0306. The zero-order valence-electron chi connectivity index (χ0n) is 17.7. The molecule has 2 atom stereocenters. The molecule has 2 aromatic heterocycles. The van der Waals surface area contributed by atoms with Crippen LogP contribution in [0.1, 0.15) is 23.8 Å². The molecule has 1 aromatic carbocycles. The molecule has 172 valence electrons. The van der Waals surface area contributed by atoms with Crippen LogP contribution in [0.3, 0.4) is 0 Å². The van der Waals surface area contributed by atoms with Crippen LogP contribution in [-0.4, -0.2) is 40.2 Å². The van der Waals surface area contributed by atoms with Gasteiger partial charge in [0, 0.05) is 25.4 Å². The largest absolute Gasteiger partial charge is 0.397 e. The zero-order valence-corrected chi connectivity index (χ0v) is 17.7. The van der Waals surface area contributed by atoms with E-state index in [1.807, 2.05) is 11.8 Å². The van der Waals surface area contributed by atoms with Crippen LogP contribution in [-0.2, 0) is 0 Å². The van der Waals surface area contributed by atoms with Crippen LogP contribution >= 0.6 is 0 Å². The van der Waals surface area contributed by atoms with Gasteiger partial charge in [0.25, 0.3) is 5.91 Å². The number of halogens is 3. The van der Waals surface area contributed by atoms with Gasteiger partial charge in [-0.15, -0.1) is 0 Å². The summed E-state index contributed by atoms with van der Waals surface area (Å²) in [5.74, 6) is -3.86. The van der Waals surface area contributed by atoms with Gasteiger partial charge in [-0.2, -0.15) is 0 Å². The van der Waals surface area contributed by atoms with Crippen LogP contribution in [0.15, 0.2) is 42.7 Å². The van der Waals surface area contributed by atoms with Crippen molar-refractivity contribution < 1.29 is 23.1 Å². The highest BCUT2D eigenvalue weighted by Crippen LogP contribution is 2.31. The number of benzene rings is 1. The third-order valence-electron chi connectivity index (χ3n) is 5.67. The highest BCUT2D eigenvalue weighted by Gasteiger charge is 2.27. The standard InChI is InChI=1S/C23H22F3N5O2/c1-12-11-31(8-6-19(12)32)18-5-7-28-10-17(18)29-23(33)22-16(27)9-15(26)21(30-22)20-13(24)3-2-4-14(20)25/h2-5,7,9-10,12,19,32H,6,8,11,27H2,1H3,(H,29,33)/t12-,19-/m0/s1. The van der Waals surface area contributed by atoms with Crippen molar-refractivity contribution in [2.24, 2.45) is 5.92 Å². The number of nitrogens with one attached hydrogen (secondary N) is 1. The smallest absolute Gasteiger partial charge is 0.276 e. The second-order valence-corrected chi connectivity index (χ2v) is 7.98. The molecule has 10 heteroatoms. The van der Waals surface area contributed by atoms with E-state index in [9.17, 15) is 23.1 Å². The van der Waals surface area contributed by atoms with Crippen LogP contribution in [0, 0.1) is 23.4 Å². The van der Waals surface area contributed by atoms with Gasteiger partial charge in [0.15, 0.2) is 11.5 Å². The fourth-order valence-electron chi connectivity index (χ4n) is 3.88. The van der Waals surface area contributed by atoms with Gasteiger partial charge in [0.2, 0.25) is 0 Å². The summed E-state index contributed by atoms with van der Waals surface area (Å²) in [6.45, 7) is 3.08. The fraction of sp³-hybridized carbons (Fsp3) is 0.261. The topological polar surface area (TPSA) is 104 Å². The number of nitrogens with zero attached hydrogens (tertiary/aromatic N) is 3. The van der Waals surface area contributed by atoms with Crippen molar-refractivity contribution >= 4 is 23.0 Å². The third kappa shape index (κ3) is 4.47. The van der Waals surface area contributed by atoms with E-state index < -0.39 is 40.7 Å². The lowest BCUT2D eigenvalue weighted by Gasteiger charge is -2.36. The van der Waals surface area contributed by atoms with Gasteiger partial charge in [-0.05, 0) is 30.5 Å². The van der Waals surface area contributed by atoms with Crippen molar-refractivity contribution in [1.29, 1.82) is 0 Å². The second kappa shape index (κ2) is 9.07. The first-order valence-electron chi connectivity index (χ1n) is 10.3. The molecular formula is C23H22F3N5O2. The van der Waals surface area contributed by atoms with Crippen LogP contribution in [0.2, 0.25) is 0 Å². The number of amides is 1. The monoisotopic (exact) mass is 457 g/mol. The van der Waals surface area contributed by atoms with E-state index in [0.29, 0.717) is 30.9 Å². The SMILES string of the molecule is C[C@H]1CN(c2ccncc2NC(=O)c2nc(-c3c(F)cccc3F)c(F)cc2N)CC[C@@H]1O. The number of anilines is 3. The zero-order chi connectivity index (χ0) is 23.7. The number of hydrogen-bond acceptors (Lipinski definition) is 6. The van der Waals surface area contributed by atoms with E-state index in [2.05, 4.69) is 15.3 Å². The molecule has 1 amide bonds. The Hall–Kier alpha value is -3.66. The summed E-state index contributed by atoms with van der Waals surface area (Å²) >= 11 is 0. The molecule has 0 radical (unpaired) electrons. The Kier molecular flexibility index (Phi) is 6.19. The molecule has 0 spiro atoms. The molecule has 0 bridgehead atoms. The van der Waals surface area contributed by atoms with Gasteiger partial charge in [-0.1, -0.05) is 13.0 Å². The molecule has 0 saturated carbocycles. The second-order valence-electron chi connectivity index (χ2n) is 7.98. The Morgan fingerprint density at radius 3 is 2.64 bits per heavy atom. The number of aliphatic hydroxyl groups is 1. The maximum Gasteiger partial charge on any atom is 0.276 e. The lowest BCUT2D eigenvalue weighted by molar-refractivity contribution is 0.0969. The Balaban J connectivity index is 1.67. The number of nitrogens with two attached hydrogens (primary N) is 1. The molecule has 0 aliphatic carbocycles. The average Bonchev–Trinajstić information content (AvgIpc) is 2.77. The summed E-state index contributed by atoms with van der Waals surface area (Å²) in [4.78, 5) is 22.9. The molecule has 1 aliphatic heterocycles. The van der Waals surface area contributed by atoms with Crippen molar-refractivity contribution in [3.8, 4) is 11.3 Å². The van der Waals surface area contributed by atoms with Gasteiger partial charge in [0.05, 0.1) is 34.9 Å². The third-order valence-corrected chi connectivity index (χ3v) is 5.67. The van der Waals surface area contributed by atoms with E-state index in [1.165, 1.54) is 6.20 Å². The number of piperidine rings is 1. The molecule has 1 aliphatic rings. The summed E-state index contributed by atoms with van der Waals surface area (Å²) in [5.41, 5.74) is 4.83. The number of carbonyl (C=O) groups is 1. The normalized spacial score (nSPS) is 18.3. The predicted octanol–water partition coefficient (Wildman–Crippen LogP) is 3.60. The van der Waals surface area contributed by atoms with Crippen molar-refractivity contribution in [1.82, 2.24) is 9.97 Å². The Bertz CT molecular complexity index is 1190. The molecule has 4 N–H and O–H groups in total. The average molecular weight is 457 g/mol. The number of pyridine rings is 2. The van der Waals surface area contributed by atoms with Crippen LogP contribution in [0.5, 0.6) is 0 Å². The van der Waals surface area contributed by atoms with Crippen molar-refractivity contribution in [2.45, 2.75) is 19.4 Å². The van der Waals surface area contributed by atoms with Crippen molar-refractivity contribution in [3.63, 3.8) is 0 Å². The number of aromatic nitrogens is 2.